The lowest BCUT2D eigenvalue weighted by Crippen LogP contribution is -2.43. The molecular formula is C22H28N2O5S. The summed E-state index contributed by atoms with van der Waals surface area (Å²) in [5.41, 5.74) is 0.236. The van der Waals surface area contributed by atoms with Crippen molar-refractivity contribution in [1.82, 2.24) is 0 Å². The Morgan fingerprint density at radius 3 is 2.43 bits per heavy atom. The van der Waals surface area contributed by atoms with E-state index < -0.39 is 15.4 Å². The van der Waals surface area contributed by atoms with E-state index in [9.17, 15) is 13.2 Å². The summed E-state index contributed by atoms with van der Waals surface area (Å²) >= 11 is 0. The number of carbonyl (C=O) groups excluding carboxylic acids is 1. The number of methoxy groups -OCH3 is 1. The van der Waals surface area contributed by atoms with Gasteiger partial charge in [0.25, 0.3) is 10.0 Å². The number of amides is 1. The third-order valence-corrected chi connectivity index (χ3v) is 6.23. The van der Waals surface area contributed by atoms with E-state index in [0.717, 1.165) is 0 Å². The van der Waals surface area contributed by atoms with E-state index >= 15 is 0 Å². The molecule has 0 saturated heterocycles. The minimum atomic E-state index is -3.80. The van der Waals surface area contributed by atoms with Gasteiger partial charge < -0.3 is 14.4 Å². The van der Waals surface area contributed by atoms with Gasteiger partial charge in [-0.2, -0.15) is 0 Å². The number of sulfonamides is 1. The molecule has 2 aromatic carbocycles. The Labute approximate surface area is 178 Å². The number of hydrogen-bond acceptors (Lipinski definition) is 5. The SMILES string of the molecule is COc1ccc(S(=O)(=O)Nc2ccc3c(c2)N(CC(C)C)C(=O)C(C)(C)CO3)cc1. The molecule has 0 aliphatic carbocycles. The number of rotatable bonds is 6. The van der Waals surface area contributed by atoms with Crippen LogP contribution in [0.4, 0.5) is 11.4 Å². The predicted octanol–water partition coefficient (Wildman–Crippen LogP) is 3.90. The Hall–Kier alpha value is -2.74. The summed E-state index contributed by atoms with van der Waals surface area (Å²) in [5.74, 6) is 1.31. The lowest BCUT2D eigenvalue weighted by molar-refractivity contribution is -0.127. The van der Waals surface area contributed by atoms with Crippen molar-refractivity contribution in [2.45, 2.75) is 32.6 Å². The molecule has 162 valence electrons. The number of anilines is 2. The Morgan fingerprint density at radius 2 is 1.83 bits per heavy atom. The zero-order valence-electron chi connectivity index (χ0n) is 17.9. The molecule has 1 N–H and O–H groups in total. The quantitative estimate of drug-likeness (QED) is 0.748. The van der Waals surface area contributed by atoms with Crippen LogP contribution in [0.2, 0.25) is 0 Å². The highest BCUT2D eigenvalue weighted by Gasteiger charge is 2.38. The van der Waals surface area contributed by atoms with Crippen LogP contribution in [0.15, 0.2) is 47.4 Å². The smallest absolute Gasteiger partial charge is 0.261 e. The van der Waals surface area contributed by atoms with Crippen LogP contribution in [-0.4, -0.2) is 34.6 Å². The van der Waals surface area contributed by atoms with Gasteiger partial charge in [-0.05, 0) is 62.2 Å². The molecule has 0 bridgehead atoms. The summed E-state index contributed by atoms with van der Waals surface area (Å²) < 4.78 is 39.2. The van der Waals surface area contributed by atoms with Crippen molar-refractivity contribution in [2.75, 3.05) is 29.9 Å². The van der Waals surface area contributed by atoms with Gasteiger partial charge >= 0.3 is 0 Å². The fraction of sp³-hybridized carbons (Fsp3) is 0.409. The molecule has 0 spiro atoms. The highest BCUT2D eigenvalue weighted by atomic mass is 32.2. The molecule has 30 heavy (non-hydrogen) atoms. The van der Waals surface area contributed by atoms with Crippen molar-refractivity contribution in [1.29, 1.82) is 0 Å². The number of benzene rings is 2. The van der Waals surface area contributed by atoms with Gasteiger partial charge in [-0.25, -0.2) is 8.42 Å². The first-order chi connectivity index (χ1) is 14.0. The summed E-state index contributed by atoms with van der Waals surface area (Å²) in [7, 11) is -2.28. The van der Waals surface area contributed by atoms with Gasteiger partial charge in [-0.15, -0.1) is 0 Å². The van der Waals surface area contributed by atoms with E-state index in [0.29, 0.717) is 29.4 Å². The Kier molecular flexibility index (Phi) is 5.99. The number of hydrogen-bond donors (Lipinski definition) is 1. The number of nitrogens with zero attached hydrogens (tertiary/aromatic N) is 1. The van der Waals surface area contributed by atoms with Gasteiger partial charge in [0, 0.05) is 6.54 Å². The summed E-state index contributed by atoms with van der Waals surface area (Å²) in [6.07, 6.45) is 0. The second-order valence-corrected chi connectivity index (χ2v) is 10.1. The lowest BCUT2D eigenvalue weighted by Gasteiger charge is -2.29. The van der Waals surface area contributed by atoms with Crippen molar-refractivity contribution in [3.63, 3.8) is 0 Å². The number of ether oxygens (including phenoxy) is 2. The fourth-order valence-corrected chi connectivity index (χ4v) is 4.27. The van der Waals surface area contributed by atoms with E-state index in [1.807, 2.05) is 27.7 Å². The second kappa shape index (κ2) is 8.18. The normalized spacial score (nSPS) is 15.9. The Balaban J connectivity index is 1.96. The zero-order chi connectivity index (χ0) is 22.1. The number of fused-ring (bicyclic) bond motifs is 1. The topological polar surface area (TPSA) is 84.9 Å². The first kappa shape index (κ1) is 22.0. The van der Waals surface area contributed by atoms with Crippen LogP contribution < -0.4 is 19.1 Å². The summed E-state index contributed by atoms with van der Waals surface area (Å²) in [6, 6.07) is 11.1. The van der Waals surface area contributed by atoms with Crippen molar-refractivity contribution in [2.24, 2.45) is 11.3 Å². The highest BCUT2D eigenvalue weighted by Crippen LogP contribution is 2.39. The maximum Gasteiger partial charge on any atom is 0.261 e. The molecule has 7 nitrogen and oxygen atoms in total. The van der Waals surface area contributed by atoms with E-state index in [-0.39, 0.29) is 23.3 Å². The maximum atomic E-state index is 13.1. The van der Waals surface area contributed by atoms with Gasteiger partial charge in [0.2, 0.25) is 5.91 Å². The molecule has 0 unspecified atom stereocenters. The molecule has 2 aromatic rings. The van der Waals surface area contributed by atoms with Crippen LogP contribution in [0.25, 0.3) is 0 Å². The lowest BCUT2D eigenvalue weighted by atomic mass is 9.92. The fourth-order valence-electron chi connectivity index (χ4n) is 3.22. The van der Waals surface area contributed by atoms with Crippen LogP contribution in [-0.2, 0) is 14.8 Å². The van der Waals surface area contributed by atoms with Crippen LogP contribution in [0.3, 0.4) is 0 Å². The zero-order valence-corrected chi connectivity index (χ0v) is 18.7. The Bertz CT molecular complexity index is 1030. The molecule has 1 aliphatic heterocycles. The van der Waals surface area contributed by atoms with E-state index in [4.69, 9.17) is 9.47 Å². The molecule has 0 fully saturated rings. The molecule has 0 saturated carbocycles. The molecule has 3 rings (SSSR count). The van der Waals surface area contributed by atoms with E-state index in [2.05, 4.69) is 4.72 Å². The van der Waals surface area contributed by atoms with E-state index in [1.165, 1.54) is 19.2 Å². The summed E-state index contributed by atoms with van der Waals surface area (Å²) in [6.45, 7) is 8.52. The second-order valence-electron chi connectivity index (χ2n) is 8.45. The maximum absolute atomic E-state index is 13.1. The average Bonchev–Trinajstić information content (AvgIpc) is 2.78. The molecule has 0 aromatic heterocycles. The van der Waals surface area contributed by atoms with Crippen LogP contribution in [0.1, 0.15) is 27.7 Å². The number of carbonyl (C=O) groups is 1. The predicted molar refractivity (Wildman–Crippen MR) is 117 cm³/mol. The van der Waals surface area contributed by atoms with Crippen LogP contribution in [0.5, 0.6) is 11.5 Å². The standard InChI is InChI=1S/C22H28N2O5S/c1-15(2)13-24-19-12-16(6-11-20(19)29-14-22(3,4)21(24)25)23-30(26,27)18-9-7-17(28-5)8-10-18/h6-12,15,23H,13-14H2,1-5H3. The third-order valence-electron chi connectivity index (χ3n) is 4.83. The van der Waals surface area contributed by atoms with Gasteiger partial charge in [-0.1, -0.05) is 13.8 Å². The first-order valence-corrected chi connectivity index (χ1v) is 11.3. The monoisotopic (exact) mass is 432 g/mol. The summed E-state index contributed by atoms with van der Waals surface area (Å²) in [4.78, 5) is 14.9. The van der Waals surface area contributed by atoms with Crippen LogP contribution in [0, 0.1) is 11.3 Å². The minimum Gasteiger partial charge on any atom is -0.497 e. The van der Waals surface area contributed by atoms with Gasteiger partial charge in [0.1, 0.15) is 18.1 Å². The molecule has 1 amide bonds. The minimum absolute atomic E-state index is 0.0508. The van der Waals surface area contributed by atoms with Crippen LogP contribution >= 0.6 is 0 Å². The average molecular weight is 433 g/mol. The molecule has 0 radical (unpaired) electrons. The van der Waals surface area contributed by atoms with E-state index in [1.54, 1.807) is 35.2 Å². The first-order valence-electron chi connectivity index (χ1n) is 9.79. The van der Waals surface area contributed by atoms with Crippen molar-refractivity contribution in [3.8, 4) is 11.5 Å². The molecular weight excluding hydrogens is 404 g/mol. The Morgan fingerprint density at radius 1 is 1.17 bits per heavy atom. The van der Waals surface area contributed by atoms with Gasteiger partial charge in [0.15, 0.2) is 0 Å². The highest BCUT2D eigenvalue weighted by molar-refractivity contribution is 7.92. The third kappa shape index (κ3) is 4.53. The molecule has 0 atom stereocenters. The molecule has 1 heterocycles. The largest absolute Gasteiger partial charge is 0.497 e. The van der Waals surface area contributed by atoms with Crippen molar-refractivity contribution < 1.29 is 22.7 Å². The summed E-state index contributed by atoms with van der Waals surface area (Å²) in [5, 5.41) is 0. The van der Waals surface area contributed by atoms with Gasteiger partial charge in [0.05, 0.1) is 28.8 Å². The van der Waals surface area contributed by atoms with Crippen molar-refractivity contribution >= 4 is 27.3 Å². The van der Waals surface area contributed by atoms with Gasteiger partial charge in [-0.3, -0.25) is 9.52 Å². The van der Waals surface area contributed by atoms with Crippen molar-refractivity contribution in [3.05, 3.63) is 42.5 Å². The molecule has 8 heteroatoms. The number of nitrogens with one attached hydrogen (secondary N) is 1. The molecule has 1 aliphatic rings.